The molecule has 2 aromatic carbocycles. The Kier molecular flexibility index (Phi) is 7.04. The molecule has 32 heavy (non-hydrogen) atoms. The number of aromatic nitrogens is 4. The van der Waals surface area contributed by atoms with Gasteiger partial charge in [0.1, 0.15) is 12.1 Å². The topological polar surface area (TPSA) is 94.0 Å². The van der Waals surface area contributed by atoms with Crippen molar-refractivity contribution in [3.05, 3.63) is 84.3 Å². The van der Waals surface area contributed by atoms with Gasteiger partial charge in [0.05, 0.1) is 30.7 Å². The quantitative estimate of drug-likeness (QED) is 0.376. The van der Waals surface area contributed by atoms with Crippen LogP contribution in [0.25, 0.3) is 11.0 Å². The molecular weight excluding hydrogens is 404 g/mol. The molecule has 0 radical (unpaired) electrons. The van der Waals surface area contributed by atoms with Crippen LogP contribution in [0, 0.1) is 0 Å². The van der Waals surface area contributed by atoms with E-state index in [0.29, 0.717) is 26.2 Å². The average molecular weight is 431 g/mol. The number of rotatable bonds is 10. The highest BCUT2D eigenvalue weighted by Crippen LogP contribution is 2.24. The van der Waals surface area contributed by atoms with E-state index in [2.05, 4.69) is 25.7 Å². The second-order valence-electron chi connectivity index (χ2n) is 7.29. The van der Waals surface area contributed by atoms with Crippen LogP contribution in [-0.2, 0) is 16.1 Å². The van der Waals surface area contributed by atoms with Crippen LogP contribution in [0.15, 0.2) is 73.2 Å². The number of hydrogen-bond acceptors (Lipinski definition) is 6. The largest absolute Gasteiger partial charge is 0.383 e. The van der Waals surface area contributed by atoms with Gasteiger partial charge in [-0.3, -0.25) is 4.79 Å². The van der Waals surface area contributed by atoms with E-state index in [4.69, 9.17) is 4.74 Å². The van der Waals surface area contributed by atoms with E-state index in [1.165, 1.54) is 6.33 Å². The van der Waals surface area contributed by atoms with Crippen LogP contribution in [0.5, 0.6) is 0 Å². The van der Waals surface area contributed by atoms with E-state index < -0.39 is 0 Å². The summed E-state index contributed by atoms with van der Waals surface area (Å²) in [6.45, 7) is 2.15. The van der Waals surface area contributed by atoms with E-state index in [1.807, 2.05) is 60.7 Å². The molecule has 0 aliphatic carbocycles. The number of carbonyl (C=O) groups excluding carboxylic acids is 1. The van der Waals surface area contributed by atoms with Gasteiger partial charge < -0.3 is 15.4 Å². The summed E-state index contributed by atoms with van der Waals surface area (Å²) in [4.78, 5) is 21.8. The Labute approximate surface area is 186 Å². The molecule has 164 valence electrons. The third-order valence-corrected chi connectivity index (χ3v) is 5.18. The Balaban J connectivity index is 1.45. The number of methoxy groups -OCH3 is 1. The number of nitrogens with one attached hydrogen (secondary N) is 2. The zero-order valence-corrected chi connectivity index (χ0v) is 17.9. The van der Waals surface area contributed by atoms with Gasteiger partial charge in [-0.15, -0.1) is 0 Å². The third kappa shape index (κ3) is 4.92. The van der Waals surface area contributed by atoms with Gasteiger partial charge in [0.2, 0.25) is 5.91 Å². The molecule has 0 atom stereocenters. The number of fused-ring (bicyclic) bond motifs is 1. The summed E-state index contributed by atoms with van der Waals surface area (Å²) < 4.78 is 6.85. The van der Waals surface area contributed by atoms with Gasteiger partial charge in [-0.05, 0) is 11.1 Å². The van der Waals surface area contributed by atoms with Crippen molar-refractivity contribution in [2.45, 2.75) is 12.5 Å². The van der Waals surface area contributed by atoms with E-state index in [1.54, 1.807) is 18.0 Å². The molecule has 8 nitrogen and oxygen atoms in total. The molecule has 0 aliphatic rings. The molecule has 4 rings (SSSR count). The molecule has 0 bridgehead atoms. The molecule has 0 fully saturated rings. The van der Waals surface area contributed by atoms with Crippen LogP contribution < -0.4 is 10.6 Å². The van der Waals surface area contributed by atoms with E-state index in [0.717, 1.165) is 28.0 Å². The van der Waals surface area contributed by atoms with Gasteiger partial charge in [-0.1, -0.05) is 60.7 Å². The van der Waals surface area contributed by atoms with Crippen LogP contribution in [0.1, 0.15) is 17.0 Å². The summed E-state index contributed by atoms with van der Waals surface area (Å²) in [5, 5.41) is 11.6. The molecule has 2 aromatic heterocycles. The number of benzene rings is 2. The summed E-state index contributed by atoms with van der Waals surface area (Å²) in [5.74, 6) is 0.302. The van der Waals surface area contributed by atoms with E-state index >= 15 is 0 Å². The number of ether oxygens (including phenoxy) is 1. The molecule has 4 aromatic rings. The molecule has 2 N–H and O–H groups in total. The number of carbonyl (C=O) groups is 1. The van der Waals surface area contributed by atoms with E-state index in [-0.39, 0.29) is 11.8 Å². The average Bonchev–Trinajstić information content (AvgIpc) is 3.25. The fraction of sp³-hybridized carbons (Fsp3) is 0.250. The normalized spacial score (nSPS) is 11.1. The molecule has 8 heteroatoms. The van der Waals surface area contributed by atoms with Crippen molar-refractivity contribution in [3.63, 3.8) is 0 Å². The zero-order chi connectivity index (χ0) is 22.2. The minimum absolute atomic E-state index is 0.0459. The molecule has 0 spiro atoms. The third-order valence-electron chi connectivity index (χ3n) is 5.18. The van der Waals surface area contributed by atoms with E-state index in [9.17, 15) is 4.79 Å². The maximum Gasteiger partial charge on any atom is 0.232 e. The van der Waals surface area contributed by atoms with Crippen LogP contribution in [0.2, 0.25) is 0 Å². The van der Waals surface area contributed by atoms with Crippen molar-refractivity contribution in [3.8, 4) is 0 Å². The fourth-order valence-electron chi connectivity index (χ4n) is 3.64. The molecule has 2 heterocycles. The Bertz CT molecular complexity index is 1110. The first-order valence-electron chi connectivity index (χ1n) is 10.5. The summed E-state index contributed by atoms with van der Waals surface area (Å²) in [7, 11) is 1.66. The molecule has 0 saturated heterocycles. The fourth-order valence-corrected chi connectivity index (χ4v) is 3.64. The molecule has 1 amide bonds. The Morgan fingerprint density at radius 3 is 2.34 bits per heavy atom. The number of nitrogens with zero attached hydrogens (tertiary/aromatic N) is 4. The van der Waals surface area contributed by atoms with Crippen LogP contribution in [0.4, 0.5) is 5.82 Å². The Morgan fingerprint density at radius 1 is 1.00 bits per heavy atom. The van der Waals surface area contributed by atoms with Gasteiger partial charge in [0, 0.05) is 20.2 Å². The second kappa shape index (κ2) is 10.5. The van der Waals surface area contributed by atoms with Crippen LogP contribution in [-0.4, -0.2) is 52.5 Å². The van der Waals surface area contributed by atoms with Gasteiger partial charge in [0.25, 0.3) is 0 Å². The predicted octanol–water partition coefficient (Wildman–Crippen LogP) is 2.83. The smallest absolute Gasteiger partial charge is 0.232 e. The molecule has 0 aliphatic heterocycles. The van der Waals surface area contributed by atoms with Crippen molar-refractivity contribution in [1.29, 1.82) is 0 Å². The highest BCUT2D eigenvalue weighted by molar-refractivity contribution is 5.87. The van der Waals surface area contributed by atoms with Crippen LogP contribution >= 0.6 is 0 Å². The summed E-state index contributed by atoms with van der Waals surface area (Å²) in [6, 6.07) is 19.6. The predicted molar refractivity (Wildman–Crippen MR) is 123 cm³/mol. The van der Waals surface area contributed by atoms with Gasteiger partial charge in [-0.2, -0.15) is 5.10 Å². The molecular formula is C24H26N6O2. The minimum atomic E-state index is -0.370. The molecule has 0 saturated carbocycles. The summed E-state index contributed by atoms with van der Waals surface area (Å²) >= 11 is 0. The SMILES string of the molecule is COCCNc1ncnc2c1cnn2CCNC(=O)C(c1ccccc1)c1ccccc1. The Hall–Kier alpha value is -3.78. The van der Waals surface area contributed by atoms with Crippen molar-refractivity contribution in [2.75, 3.05) is 32.1 Å². The first kappa shape index (κ1) is 21.5. The maximum atomic E-state index is 13.1. The monoisotopic (exact) mass is 430 g/mol. The summed E-state index contributed by atoms with van der Waals surface area (Å²) in [6.07, 6.45) is 3.25. The molecule has 0 unspecified atom stereocenters. The standard InChI is InChI=1S/C24H26N6O2/c1-32-15-13-25-22-20-16-29-30(23(20)28-17-27-22)14-12-26-24(31)21(18-8-4-2-5-9-18)19-10-6-3-7-11-19/h2-11,16-17,21H,12-15H2,1H3,(H,26,31)(H,25,27,28). The van der Waals surface area contributed by atoms with Gasteiger partial charge in [-0.25, -0.2) is 14.6 Å². The number of anilines is 1. The Morgan fingerprint density at radius 2 is 1.69 bits per heavy atom. The van der Waals surface area contributed by atoms with Crippen LogP contribution in [0.3, 0.4) is 0 Å². The maximum absolute atomic E-state index is 13.1. The minimum Gasteiger partial charge on any atom is -0.383 e. The number of hydrogen-bond donors (Lipinski definition) is 2. The van der Waals surface area contributed by atoms with Crippen molar-refractivity contribution in [2.24, 2.45) is 0 Å². The highest BCUT2D eigenvalue weighted by Gasteiger charge is 2.22. The lowest BCUT2D eigenvalue weighted by Crippen LogP contribution is -2.32. The highest BCUT2D eigenvalue weighted by atomic mass is 16.5. The first-order chi connectivity index (χ1) is 15.8. The van der Waals surface area contributed by atoms with Crippen molar-refractivity contribution < 1.29 is 9.53 Å². The number of amides is 1. The lowest BCUT2D eigenvalue weighted by atomic mass is 9.90. The van der Waals surface area contributed by atoms with Gasteiger partial charge in [0.15, 0.2) is 5.65 Å². The van der Waals surface area contributed by atoms with Crippen molar-refractivity contribution in [1.82, 2.24) is 25.1 Å². The zero-order valence-electron chi connectivity index (χ0n) is 17.9. The second-order valence-corrected chi connectivity index (χ2v) is 7.29. The lowest BCUT2D eigenvalue weighted by molar-refractivity contribution is -0.121. The lowest BCUT2D eigenvalue weighted by Gasteiger charge is -2.18. The van der Waals surface area contributed by atoms with Crippen molar-refractivity contribution >= 4 is 22.8 Å². The van der Waals surface area contributed by atoms with Gasteiger partial charge >= 0.3 is 0 Å². The summed E-state index contributed by atoms with van der Waals surface area (Å²) in [5.41, 5.74) is 2.64. The first-order valence-corrected chi connectivity index (χ1v) is 10.5.